The number of aromatic nitrogens is 2. The Labute approximate surface area is 193 Å². The number of phenolic OH excluding ortho intramolecular Hbond substituents is 1. The van der Waals surface area contributed by atoms with Crippen LogP contribution < -0.4 is 10.6 Å². The monoisotopic (exact) mass is 446 g/mol. The van der Waals surface area contributed by atoms with Crippen molar-refractivity contribution < 1.29 is 14.7 Å². The third-order valence-corrected chi connectivity index (χ3v) is 6.05. The van der Waals surface area contributed by atoms with Crippen molar-refractivity contribution in [1.82, 2.24) is 15.1 Å². The number of aromatic hydroxyl groups is 1. The molecular weight excluding hydrogens is 416 g/mol. The highest BCUT2D eigenvalue weighted by atomic mass is 16.3. The topological polar surface area (TPSA) is 96.3 Å². The average molecular weight is 447 g/mol. The first-order chi connectivity index (χ1) is 15.9. The standard InChI is InChI=1S/C26H30N4O3/c1-17(2)25(32)28-20-11-12-21(24(31)15-20)22-16-23(19-9-6-10-19)30(29-22)26(33)27-14-13-18-7-4-3-5-8-18/h3-5,7-8,11-12,15-17,19,31H,6,9-10,13-14H2,1-2H3,(H,27,33)(H,28,32). The van der Waals surface area contributed by atoms with E-state index in [2.05, 4.69) is 15.7 Å². The highest BCUT2D eigenvalue weighted by Crippen LogP contribution is 2.39. The Kier molecular flexibility index (Phi) is 6.77. The molecule has 0 atom stereocenters. The number of anilines is 1. The van der Waals surface area contributed by atoms with Gasteiger partial charge in [-0.25, -0.2) is 4.79 Å². The molecule has 1 saturated carbocycles. The van der Waals surface area contributed by atoms with Crippen molar-refractivity contribution in [3.63, 3.8) is 0 Å². The number of hydrogen-bond donors (Lipinski definition) is 3. The number of benzene rings is 2. The van der Waals surface area contributed by atoms with Crippen LogP contribution in [-0.4, -0.2) is 33.4 Å². The number of phenols is 1. The zero-order chi connectivity index (χ0) is 23.4. The third-order valence-electron chi connectivity index (χ3n) is 6.05. The van der Waals surface area contributed by atoms with Gasteiger partial charge in [-0.2, -0.15) is 9.78 Å². The van der Waals surface area contributed by atoms with Gasteiger partial charge in [-0.3, -0.25) is 4.79 Å². The first kappa shape index (κ1) is 22.6. The Morgan fingerprint density at radius 2 is 1.88 bits per heavy atom. The molecule has 3 N–H and O–H groups in total. The van der Waals surface area contributed by atoms with Crippen LogP contribution in [0.4, 0.5) is 10.5 Å². The number of carbonyl (C=O) groups is 2. The first-order valence-electron chi connectivity index (χ1n) is 11.5. The molecule has 0 radical (unpaired) electrons. The Morgan fingerprint density at radius 3 is 2.52 bits per heavy atom. The molecule has 0 spiro atoms. The molecule has 0 aliphatic heterocycles. The summed E-state index contributed by atoms with van der Waals surface area (Å²) in [5.74, 6) is 0.0162. The Balaban J connectivity index is 1.52. The number of nitrogens with one attached hydrogen (secondary N) is 2. The molecule has 1 fully saturated rings. The molecule has 2 amide bonds. The molecular formula is C26H30N4O3. The summed E-state index contributed by atoms with van der Waals surface area (Å²) in [5, 5.41) is 20.9. The summed E-state index contributed by atoms with van der Waals surface area (Å²) in [5.41, 5.74) is 3.60. The molecule has 2 aromatic carbocycles. The number of nitrogens with zero attached hydrogens (tertiary/aromatic N) is 2. The van der Waals surface area contributed by atoms with Crippen LogP contribution in [-0.2, 0) is 11.2 Å². The second-order valence-corrected chi connectivity index (χ2v) is 8.84. The Hall–Kier alpha value is -3.61. The van der Waals surface area contributed by atoms with Crippen LogP contribution in [0, 0.1) is 5.92 Å². The number of rotatable bonds is 7. The molecule has 1 aliphatic rings. The lowest BCUT2D eigenvalue weighted by atomic mass is 9.82. The van der Waals surface area contributed by atoms with Gasteiger partial charge < -0.3 is 15.7 Å². The summed E-state index contributed by atoms with van der Waals surface area (Å²) < 4.78 is 1.44. The van der Waals surface area contributed by atoms with Crippen molar-refractivity contribution in [1.29, 1.82) is 0 Å². The van der Waals surface area contributed by atoms with E-state index in [-0.39, 0.29) is 29.5 Å². The SMILES string of the molecule is CC(C)C(=O)Nc1ccc(-c2cc(C3CCC3)n(C(=O)NCCc3ccccc3)n2)c(O)c1. The molecule has 7 heteroatoms. The van der Waals surface area contributed by atoms with Gasteiger partial charge in [-0.05, 0) is 43.0 Å². The largest absolute Gasteiger partial charge is 0.507 e. The maximum Gasteiger partial charge on any atom is 0.342 e. The van der Waals surface area contributed by atoms with Crippen LogP contribution in [0.2, 0.25) is 0 Å². The number of amides is 2. The van der Waals surface area contributed by atoms with Crippen LogP contribution >= 0.6 is 0 Å². The lowest BCUT2D eigenvalue weighted by Crippen LogP contribution is -2.33. The fourth-order valence-corrected chi connectivity index (χ4v) is 3.83. The van der Waals surface area contributed by atoms with E-state index in [9.17, 15) is 14.7 Å². The fraction of sp³-hybridized carbons (Fsp3) is 0.346. The van der Waals surface area contributed by atoms with Crippen molar-refractivity contribution in [2.75, 3.05) is 11.9 Å². The van der Waals surface area contributed by atoms with Gasteiger partial charge in [-0.15, -0.1) is 0 Å². The second-order valence-electron chi connectivity index (χ2n) is 8.84. The summed E-state index contributed by atoms with van der Waals surface area (Å²) in [6, 6.07) is 16.6. The summed E-state index contributed by atoms with van der Waals surface area (Å²) in [4.78, 5) is 24.9. The van der Waals surface area contributed by atoms with E-state index in [0.29, 0.717) is 23.5 Å². The fourth-order valence-electron chi connectivity index (χ4n) is 3.83. The van der Waals surface area contributed by atoms with E-state index >= 15 is 0 Å². The van der Waals surface area contributed by atoms with E-state index in [4.69, 9.17) is 0 Å². The maximum atomic E-state index is 12.9. The van der Waals surface area contributed by atoms with E-state index < -0.39 is 0 Å². The van der Waals surface area contributed by atoms with Crippen LogP contribution in [0.1, 0.15) is 50.3 Å². The summed E-state index contributed by atoms with van der Waals surface area (Å²) in [7, 11) is 0. The van der Waals surface area contributed by atoms with Crippen LogP contribution in [0.5, 0.6) is 5.75 Å². The Morgan fingerprint density at radius 1 is 1.12 bits per heavy atom. The minimum absolute atomic E-state index is 0.00542. The molecule has 1 aromatic heterocycles. The predicted molar refractivity (Wildman–Crippen MR) is 128 cm³/mol. The molecule has 172 valence electrons. The number of hydrogen-bond acceptors (Lipinski definition) is 4. The van der Waals surface area contributed by atoms with Gasteiger partial charge >= 0.3 is 6.03 Å². The van der Waals surface area contributed by atoms with Crippen molar-refractivity contribution >= 4 is 17.6 Å². The molecule has 7 nitrogen and oxygen atoms in total. The smallest absolute Gasteiger partial charge is 0.342 e. The second kappa shape index (κ2) is 9.90. The molecule has 3 aromatic rings. The summed E-state index contributed by atoms with van der Waals surface area (Å²) in [6.45, 7) is 4.13. The van der Waals surface area contributed by atoms with Gasteiger partial charge in [-0.1, -0.05) is 50.6 Å². The van der Waals surface area contributed by atoms with E-state index in [1.54, 1.807) is 12.1 Å². The van der Waals surface area contributed by atoms with Crippen LogP contribution in [0.3, 0.4) is 0 Å². The van der Waals surface area contributed by atoms with Gasteiger partial charge in [0.1, 0.15) is 5.75 Å². The van der Waals surface area contributed by atoms with Gasteiger partial charge in [0, 0.05) is 35.7 Å². The van der Waals surface area contributed by atoms with Crippen molar-refractivity contribution in [3.8, 4) is 17.0 Å². The molecule has 1 aliphatic carbocycles. The third kappa shape index (κ3) is 5.25. The molecule has 4 rings (SSSR count). The maximum absolute atomic E-state index is 12.9. The quantitative estimate of drug-likeness (QED) is 0.480. The normalized spacial score (nSPS) is 13.5. The van der Waals surface area contributed by atoms with E-state index in [0.717, 1.165) is 36.9 Å². The minimum atomic E-state index is -0.264. The zero-order valence-corrected chi connectivity index (χ0v) is 19.0. The van der Waals surface area contributed by atoms with E-state index in [1.807, 2.05) is 50.2 Å². The first-order valence-corrected chi connectivity index (χ1v) is 11.5. The zero-order valence-electron chi connectivity index (χ0n) is 19.0. The minimum Gasteiger partial charge on any atom is -0.507 e. The van der Waals surface area contributed by atoms with Crippen molar-refractivity contribution in [2.45, 2.75) is 45.4 Å². The molecule has 1 heterocycles. The van der Waals surface area contributed by atoms with Crippen molar-refractivity contribution in [3.05, 3.63) is 65.9 Å². The lowest BCUT2D eigenvalue weighted by molar-refractivity contribution is -0.118. The molecule has 0 saturated heterocycles. The van der Waals surface area contributed by atoms with E-state index in [1.165, 1.54) is 10.7 Å². The predicted octanol–water partition coefficient (Wildman–Crippen LogP) is 4.92. The highest BCUT2D eigenvalue weighted by molar-refractivity contribution is 5.92. The highest BCUT2D eigenvalue weighted by Gasteiger charge is 2.27. The molecule has 33 heavy (non-hydrogen) atoms. The van der Waals surface area contributed by atoms with Crippen molar-refractivity contribution in [2.24, 2.45) is 5.92 Å². The van der Waals surface area contributed by atoms with Crippen LogP contribution in [0.25, 0.3) is 11.3 Å². The lowest BCUT2D eigenvalue weighted by Gasteiger charge is -2.25. The average Bonchev–Trinajstić information content (AvgIpc) is 3.17. The molecule has 0 unspecified atom stereocenters. The van der Waals surface area contributed by atoms with Crippen LogP contribution in [0.15, 0.2) is 54.6 Å². The van der Waals surface area contributed by atoms with Gasteiger partial charge in [0.2, 0.25) is 5.91 Å². The molecule has 0 bridgehead atoms. The van der Waals surface area contributed by atoms with Gasteiger partial charge in [0.15, 0.2) is 0 Å². The Bertz CT molecular complexity index is 1130. The van der Waals surface area contributed by atoms with Gasteiger partial charge in [0.25, 0.3) is 0 Å². The summed E-state index contributed by atoms with van der Waals surface area (Å²) >= 11 is 0. The van der Waals surface area contributed by atoms with Gasteiger partial charge in [0.05, 0.1) is 11.4 Å². The number of carbonyl (C=O) groups excluding carboxylic acids is 2. The summed E-state index contributed by atoms with van der Waals surface area (Å²) in [6.07, 6.45) is 3.92.